The monoisotopic (exact) mass is 260 g/mol. The Morgan fingerprint density at radius 1 is 1.21 bits per heavy atom. The van der Waals surface area contributed by atoms with Crippen LogP contribution in [0.1, 0.15) is 23.0 Å². The largest absolute Gasteiger partial charge is 0.487 e. The van der Waals surface area contributed by atoms with Gasteiger partial charge >= 0.3 is 5.56 Å². The van der Waals surface area contributed by atoms with Crippen molar-refractivity contribution >= 4 is 5.78 Å². The normalized spacial score (nSPS) is 10.2. The summed E-state index contributed by atoms with van der Waals surface area (Å²) in [5, 5.41) is 4.76. The van der Waals surface area contributed by atoms with Crippen molar-refractivity contribution < 1.29 is 9.53 Å². The van der Waals surface area contributed by atoms with E-state index in [1.165, 1.54) is 13.0 Å². The fraction of sp³-hybridized carbons (Fsp3) is 0.154. The highest BCUT2D eigenvalue weighted by Crippen LogP contribution is 2.14. The smallest absolute Gasteiger partial charge is 0.310 e. The molecular weight excluding hydrogens is 248 g/mol. The van der Waals surface area contributed by atoms with Gasteiger partial charge in [-0.1, -0.05) is 12.1 Å². The summed E-state index contributed by atoms with van der Waals surface area (Å²) in [4.78, 5) is 33.2. The minimum Gasteiger partial charge on any atom is -0.487 e. The molecule has 2 N–H and O–H groups in total. The number of carbonyl (C=O) groups is 1. The van der Waals surface area contributed by atoms with E-state index in [0.717, 1.165) is 0 Å². The van der Waals surface area contributed by atoms with Crippen molar-refractivity contribution in [3.05, 3.63) is 62.2 Å². The maximum Gasteiger partial charge on any atom is 0.310 e. The van der Waals surface area contributed by atoms with Gasteiger partial charge in [-0.05, 0) is 19.1 Å². The van der Waals surface area contributed by atoms with Gasteiger partial charge in [0.05, 0.1) is 5.69 Å². The van der Waals surface area contributed by atoms with Crippen molar-refractivity contribution in [2.45, 2.75) is 13.5 Å². The van der Waals surface area contributed by atoms with E-state index in [4.69, 9.17) is 4.74 Å². The summed E-state index contributed by atoms with van der Waals surface area (Å²) in [6.07, 6.45) is 0. The topological polar surface area (TPSA) is 92.0 Å². The van der Waals surface area contributed by atoms with Gasteiger partial charge in [0, 0.05) is 11.6 Å². The van der Waals surface area contributed by atoms with Crippen LogP contribution in [0.5, 0.6) is 5.75 Å². The minimum atomic E-state index is -0.706. The average molecular weight is 260 g/mol. The van der Waals surface area contributed by atoms with Crippen LogP contribution in [0, 0.1) is 0 Å². The lowest BCUT2D eigenvalue weighted by molar-refractivity contribution is 0.101. The van der Waals surface area contributed by atoms with E-state index in [9.17, 15) is 14.4 Å². The first-order chi connectivity index (χ1) is 9.06. The summed E-state index contributed by atoms with van der Waals surface area (Å²) in [6, 6.07) is 7.90. The molecule has 0 fully saturated rings. The number of aromatic nitrogens is 2. The Balaban J connectivity index is 2.12. The molecule has 0 bridgehead atoms. The zero-order valence-corrected chi connectivity index (χ0v) is 10.2. The molecule has 1 aromatic carbocycles. The maximum atomic E-state index is 11.2. The van der Waals surface area contributed by atoms with Gasteiger partial charge in [-0.3, -0.25) is 24.6 Å². The van der Waals surface area contributed by atoms with E-state index in [-0.39, 0.29) is 12.4 Å². The molecule has 6 nitrogen and oxygen atoms in total. The summed E-state index contributed by atoms with van der Waals surface area (Å²) in [5.74, 6) is 0.461. The number of ketones is 1. The minimum absolute atomic E-state index is 0.0529. The van der Waals surface area contributed by atoms with E-state index >= 15 is 0 Å². The number of benzene rings is 1. The van der Waals surface area contributed by atoms with Crippen LogP contribution in [0.15, 0.2) is 39.9 Å². The molecule has 2 rings (SSSR count). The zero-order valence-electron chi connectivity index (χ0n) is 10.2. The lowest BCUT2D eigenvalue weighted by atomic mass is 10.1. The molecule has 19 heavy (non-hydrogen) atoms. The third kappa shape index (κ3) is 3.19. The number of nitrogens with one attached hydrogen (secondary N) is 2. The Kier molecular flexibility index (Phi) is 3.61. The van der Waals surface area contributed by atoms with E-state index < -0.39 is 11.0 Å². The molecule has 0 unspecified atom stereocenters. The first-order valence-corrected chi connectivity index (χ1v) is 5.61. The highest BCUT2D eigenvalue weighted by Gasteiger charge is 2.03. The van der Waals surface area contributed by atoms with Crippen LogP contribution in [0.2, 0.25) is 0 Å². The predicted molar refractivity (Wildman–Crippen MR) is 68.5 cm³/mol. The number of carbonyl (C=O) groups excluding carboxylic acids is 1. The van der Waals surface area contributed by atoms with Gasteiger partial charge in [-0.15, -0.1) is 0 Å². The van der Waals surface area contributed by atoms with Crippen LogP contribution in [0.4, 0.5) is 0 Å². The van der Waals surface area contributed by atoms with Gasteiger partial charge in [-0.2, -0.15) is 0 Å². The number of ether oxygens (including phenoxy) is 1. The average Bonchev–Trinajstić information content (AvgIpc) is 2.40. The molecule has 0 atom stereocenters. The summed E-state index contributed by atoms with van der Waals surface area (Å²) in [5.41, 5.74) is -0.345. The highest BCUT2D eigenvalue weighted by molar-refractivity contribution is 5.94. The summed E-state index contributed by atoms with van der Waals surface area (Å²) < 4.78 is 5.43. The lowest BCUT2D eigenvalue weighted by Crippen LogP contribution is -2.28. The van der Waals surface area contributed by atoms with Gasteiger partial charge in [-0.25, -0.2) is 0 Å². The van der Waals surface area contributed by atoms with Crippen molar-refractivity contribution in [3.63, 3.8) is 0 Å². The molecular formula is C13H12N2O4. The summed E-state index contributed by atoms with van der Waals surface area (Å²) in [6.45, 7) is 1.56. The van der Waals surface area contributed by atoms with E-state index in [1.807, 2.05) is 0 Å². The molecule has 2 aromatic rings. The van der Waals surface area contributed by atoms with Crippen LogP contribution in [-0.4, -0.2) is 16.0 Å². The van der Waals surface area contributed by atoms with Gasteiger partial charge in [0.15, 0.2) is 5.78 Å². The molecule has 0 aliphatic rings. The first kappa shape index (κ1) is 12.8. The maximum absolute atomic E-state index is 11.2. The third-order valence-electron chi connectivity index (χ3n) is 2.50. The second-order valence-corrected chi connectivity index (χ2v) is 3.99. The van der Waals surface area contributed by atoms with Gasteiger partial charge in [0.25, 0.3) is 0 Å². The Bertz CT molecular complexity index is 715. The molecule has 0 aliphatic heterocycles. The van der Waals surface area contributed by atoms with Crippen LogP contribution in [0.3, 0.4) is 0 Å². The lowest BCUT2D eigenvalue weighted by Gasteiger charge is -2.06. The van der Waals surface area contributed by atoms with Gasteiger partial charge < -0.3 is 4.74 Å². The molecule has 1 heterocycles. The van der Waals surface area contributed by atoms with Crippen molar-refractivity contribution in [1.29, 1.82) is 0 Å². The van der Waals surface area contributed by atoms with Crippen LogP contribution < -0.4 is 15.7 Å². The molecule has 0 aliphatic carbocycles. The quantitative estimate of drug-likeness (QED) is 0.629. The Labute approximate surface area is 108 Å². The molecule has 1 aromatic heterocycles. The van der Waals surface area contributed by atoms with E-state index in [0.29, 0.717) is 17.0 Å². The number of rotatable bonds is 4. The summed E-state index contributed by atoms with van der Waals surface area (Å²) >= 11 is 0. The fourth-order valence-corrected chi connectivity index (χ4v) is 1.50. The Morgan fingerprint density at radius 3 is 2.68 bits per heavy atom. The Hall–Kier alpha value is -2.63. The van der Waals surface area contributed by atoms with E-state index in [1.54, 1.807) is 24.3 Å². The summed E-state index contributed by atoms with van der Waals surface area (Å²) in [7, 11) is 0. The Morgan fingerprint density at radius 2 is 2.00 bits per heavy atom. The zero-order chi connectivity index (χ0) is 13.8. The highest BCUT2D eigenvalue weighted by atomic mass is 16.5. The van der Waals surface area contributed by atoms with Crippen molar-refractivity contribution in [3.8, 4) is 5.75 Å². The van der Waals surface area contributed by atoms with Gasteiger partial charge in [0.2, 0.25) is 5.43 Å². The first-order valence-electron chi connectivity index (χ1n) is 5.61. The number of aromatic amines is 2. The molecule has 0 saturated carbocycles. The van der Waals surface area contributed by atoms with Crippen LogP contribution >= 0.6 is 0 Å². The second kappa shape index (κ2) is 5.34. The molecule has 0 amide bonds. The van der Waals surface area contributed by atoms with E-state index in [2.05, 4.69) is 10.2 Å². The number of H-pyrrole nitrogens is 2. The second-order valence-electron chi connectivity index (χ2n) is 3.99. The molecule has 0 saturated heterocycles. The standard InChI is InChI=1S/C13H12N2O4/c1-8(16)9-3-2-4-11(5-9)19-7-10-6-12(17)13(18)15-14-10/h2-6H,7H2,1H3,(H,14,17)(H,15,18). The number of Topliss-reactive ketones (excluding diaryl/α,β-unsaturated/α-hetero) is 1. The van der Waals surface area contributed by atoms with Crippen molar-refractivity contribution in [2.24, 2.45) is 0 Å². The van der Waals surface area contributed by atoms with Crippen molar-refractivity contribution in [2.75, 3.05) is 0 Å². The van der Waals surface area contributed by atoms with Crippen LogP contribution in [0.25, 0.3) is 0 Å². The number of hydrogen-bond acceptors (Lipinski definition) is 4. The molecule has 0 spiro atoms. The van der Waals surface area contributed by atoms with Crippen LogP contribution in [-0.2, 0) is 6.61 Å². The molecule has 6 heteroatoms. The predicted octanol–water partition coefficient (Wildman–Crippen LogP) is 0.845. The fourth-order valence-electron chi connectivity index (χ4n) is 1.50. The molecule has 0 radical (unpaired) electrons. The van der Waals surface area contributed by atoms with Gasteiger partial charge in [0.1, 0.15) is 12.4 Å². The molecule has 98 valence electrons. The van der Waals surface area contributed by atoms with Crippen molar-refractivity contribution in [1.82, 2.24) is 10.2 Å². The number of hydrogen-bond donors (Lipinski definition) is 2. The third-order valence-corrected chi connectivity index (χ3v) is 2.50. The SMILES string of the molecule is CC(=O)c1cccc(OCc2cc(=O)c(=O)[nH][nH]2)c1.